The third-order valence-corrected chi connectivity index (χ3v) is 4.56. The molecule has 1 aromatic carbocycles. The molecule has 0 bridgehead atoms. The summed E-state index contributed by atoms with van der Waals surface area (Å²) in [6.07, 6.45) is 2.86. The second kappa shape index (κ2) is 7.55. The average Bonchev–Trinajstić information content (AvgIpc) is 2.57. The van der Waals surface area contributed by atoms with E-state index >= 15 is 0 Å². The van der Waals surface area contributed by atoms with Crippen LogP contribution in [0.1, 0.15) is 57.7 Å². The Balaban J connectivity index is 2.60. The summed E-state index contributed by atoms with van der Waals surface area (Å²) in [5.41, 5.74) is 0.447. The fourth-order valence-electron chi connectivity index (χ4n) is 3.14. The topological polar surface area (TPSA) is 92.6 Å². The molecule has 6 nitrogen and oxygen atoms in total. The quantitative estimate of drug-likeness (QED) is 0.516. The largest absolute Gasteiger partial charge is 0.485 e. The maximum absolute atomic E-state index is 11.0. The van der Waals surface area contributed by atoms with Crippen LogP contribution in [0.15, 0.2) is 23.2 Å². The molecule has 1 aliphatic rings. The van der Waals surface area contributed by atoms with Gasteiger partial charge in [-0.2, -0.15) is 15.5 Å². The highest BCUT2D eigenvalue weighted by Gasteiger charge is 2.45. The van der Waals surface area contributed by atoms with Crippen LogP contribution in [0, 0.1) is 22.8 Å². The van der Waals surface area contributed by atoms with Gasteiger partial charge in [0, 0.05) is 12.1 Å². The summed E-state index contributed by atoms with van der Waals surface area (Å²) < 4.78 is 5.96. The van der Waals surface area contributed by atoms with Crippen molar-refractivity contribution in [3.8, 4) is 18.0 Å². The highest BCUT2D eigenvalue weighted by molar-refractivity contribution is 5.81. The van der Waals surface area contributed by atoms with Crippen LogP contribution in [0.4, 0.5) is 0 Å². The molecule has 1 aliphatic heterocycles. The number of fused-ring (bicyclic) bond motifs is 1. The number of ether oxygens (including phenoxy) is 1. The lowest BCUT2D eigenvalue weighted by atomic mass is 9.84. The molecule has 1 N–H and O–H groups in total. The number of nitrogens with zero attached hydrogens (tertiary/aromatic N) is 4. The summed E-state index contributed by atoms with van der Waals surface area (Å²) in [7, 11) is 0. The number of hydrogen-bond donors (Lipinski definition) is 1. The molecule has 0 saturated carbocycles. The van der Waals surface area contributed by atoms with E-state index in [0.717, 1.165) is 18.4 Å². The van der Waals surface area contributed by atoms with Crippen molar-refractivity contribution in [3.05, 3.63) is 29.3 Å². The smallest absolute Gasteiger partial charge is 0.207 e. The zero-order valence-electron chi connectivity index (χ0n) is 15.2. The molecular weight excluding hydrogens is 316 g/mol. The number of aliphatic hydroxyl groups excluding tert-OH is 1. The molecule has 0 amide bonds. The first-order valence-corrected chi connectivity index (χ1v) is 8.46. The van der Waals surface area contributed by atoms with Crippen LogP contribution in [0.25, 0.3) is 0 Å². The molecule has 0 saturated heterocycles. The van der Waals surface area contributed by atoms with E-state index in [1.807, 2.05) is 24.9 Å². The molecule has 2 atom stereocenters. The second-order valence-corrected chi connectivity index (χ2v) is 6.77. The standard InChI is InChI=1S/C19H24N4O2/c1-5-6-9-23(13(2)22-12-21)17-15-10-14(11-20)7-8-16(15)25-19(3,4)18(17)24/h7-8,10,17-18,24H,5-6,9H2,1-4H3/t17-,18+/m0/s1. The van der Waals surface area contributed by atoms with E-state index in [9.17, 15) is 10.4 Å². The van der Waals surface area contributed by atoms with Gasteiger partial charge in [-0.15, -0.1) is 0 Å². The fraction of sp³-hybridized carbons (Fsp3) is 0.526. The first-order valence-electron chi connectivity index (χ1n) is 8.46. The predicted octanol–water partition coefficient (Wildman–Crippen LogP) is 3.13. The van der Waals surface area contributed by atoms with E-state index in [1.54, 1.807) is 25.1 Å². The number of aliphatic imine (C=N–C) groups is 1. The van der Waals surface area contributed by atoms with Crippen LogP contribution in [0.2, 0.25) is 0 Å². The fourth-order valence-corrected chi connectivity index (χ4v) is 3.14. The molecule has 0 fully saturated rings. The summed E-state index contributed by atoms with van der Waals surface area (Å²) in [5.74, 6) is 1.19. The molecule has 0 radical (unpaired) electrons. The molecule has 132 valence electrons. The van der Waals surface area contributed by atoms with Crippen molar-refractivity contribution in [2.45, 2.75) is 58.3 Å². The van der Waals surface area contributed by atoms with Crippen molar-refractivity contribution < 1.29 is 9.84 Å². The van der Waals surface area contributed by atoms with E-state index < -0.39 is 17.7 Å². The molecule has 0 aromatic heterocycles. The SMILES string of the molecule is CCCCN(C(C)=NC#N)[C@H]1c2cc(C#N)ccc2OC(C)(C)[C@@H]1O. The minimum atomic E-state index is -0.838. The number of hydrogen-bond acceptors (Lipinski definition) is 5. The van der Waals surface area contributed by atoms with Gasteiger partial charge in [0.05, 0.1) is 17.7 Å². The Hall–Kier alpha value is -2.57. The number of benzene rings is 1. The minimum Gasteiger partial charge on any atom is -0.485 e. The van der Waals surface area contributed by atoms with Crippen molar-refractivity contribution in [2.24, 2.45) is 4.99 Å². The minimum absolute atomic E-state index is 0.435. The van der Waals surface area contributed by atoms with Crippen molar-refractivity contribution >= 4 is 5.84 Å². The van der Waals surface area contributed by atoms with Crippen LogP contribution in [-0.2, 0) is 0 Å². The number of amidine groups is 1. The van der Waals surface area contributed by atoms with E-state index in [0.29, 0.717) is 23.7 Å². The Bertz CT molecular complexity index is 743. The van der Waals surface area contributed by atoms with Crippen LogP contribution in [0.5, 0.6) is 5.75 Å². The summed E-state index contributed by atoms with van der Waals surface area (Å²) >= 11 is 0. The lowest BCUT2D eigenvalue weighted by Gasteiger charge is -2.47. The van der Waals surface area contributed by atoms with Gasteiger partial charge in [0.25, 0.3) is 0 Å². The van der Waals surface area contributed by atoms with Crippen LogP contribution in [-0.4, -0.2) is 34.1 Å². The summed E-state index contributed by atoms with van der Waals surface area (Å²) in [6.45, 7) is 8.17. The van der Waals surface area contributed by atoms with E-state index in [2.05, 4.69) is 18.0 Å². The number of unbranched alkanes of at least 4 members (excludes halogenated alkanes) is 1. The summed E-state index contributed by atoms with van der Waals surface area (Å²) in [4.78, 5) is 5.83. The van der Waals surface area contributed by atoms with E-state index in [1.165, 1.54) is 0 Å². The predicted molar refractivity (Wildman–Crippen MR) is 94.9 cm³/mol. The molecule has 2 rings (SSSR count). The Morgan fingerprint density at radius 1 is 1.40 bits per heavy atom. The van der Waals surface area contributed by atoms with Crippen molar-refractivity contribution in [3.63, 3.8) is 0 Å². The zero-order chi connectivity index (χ0) is 18.6. The van der Waals surface area contributed by atoms with Crippen molar-refractivity contribution in [1.29, 1.82) is 10.5 Å². The molecule has 1 aromatic rings. The normalized spacial score (nSPS) is 21.5. The van der Waals surface area contributed by atoms with Gasteiger partial charge in [-0.25, -0.2) is 0 Å². The van der Waals surface area contributed by atoms with Gasteiger partial charge < -0.3 is 14.7 Å². The average molecular weight is 340 g/mol. The highest BCUT2D eigenvalue weighted by atomic mass is 16.5. The molecule has 0 spiro atoms. The molecule has 0 aliphatic carbocycles. The summed E-state index contributed by atoms with van der Waals surface area (Å²) in [6, 6.07) is 6.92. The third-order valence-electron chi connectivity index (χ3n) is 4.56. The molecule has 6 heteroatoms. The second-order valence-electron chi connectivity index (χ2n) is 6.77. The van der Waals surface area contributed by atoms with Gasteiger partial charge in [-0.1, -0.05) is 13.3 Å². The van der Waals surface area contributed by atoms with E-state index in [4.69, 9.17) is 10.00 Å². The van der Waals surface area contributed by atoms with Gasteiger partial charge in [-0.05, 0) is 45.4 Å². The number of aliphatic hydroxyl groups is 1. The zero-order valence-corrected chi connectivity index (χ0v) is 15.2. The highest BCUT2D eigenvalue weighted by Crippen LogP contribution is 2.43. The number of rotatable bonds is 4. The summed E-state index contributed by atoms with van der Waals surface area (Å²) in [5, 5.41) is 29.2. The van der Waals surface area contributed by atoms with Crippen LogP contribution in [0.3, 0.4) is 0 Å². The lowest BCUT2D eigenvalue weighted by Crippen LogP contribution is -2.54. The first-order chi connectivity index (χ1) is 11.9. The molecule has 1 heterocycles. The monoisotopic (exact) mass is 340 g/mol. The molecule has 25 heavy (non-hydrogen) atoms. The van der Waals surface area contributed by atoms with Crippen molar-refractivity contribution in [1.82, 2.24) is 4.90 Å². The first kappa shape index (κ1) is 18.8. The maximum Gasteiger partial charge on any atom is 0.207 e. The third kappa shape index (κ3) is 3.75. The Morgan fingerprint density at radius 3 is 2.72 bits per heavy atom. The van der Waals surface area contributed by atoms with Crippen LogP contribution < -0.4 is 4.74 Å². The van der Waals surface area contributed by atoms with Gasteiger partial charge >= 0.3 is 0 Å². The Labute approximate surface area is 149 Å². The Kier molecular flexibility index (Phi) is 5.66. The molecule has 0 unspecified atom stereocenters. The van der Waals surface area contributed by atoms with Crippen LogP contribution >= 0.6 is 0 Å². The van der Waals surface area contributed by atoms with Gasteiger partial charge in [-0.3, -0.25) is 0 Å². The number of nitriles is 2. The lowest BCUT2D eigenvalue weighted by molar-refractivity contribution is -0.0817. The van der Waals surface area contributed by atoms with Gasteiger partial charge in [0.1, 0.15) is 23.3 Å². The molecular formula is C19H24N4O2. The van der Waals surface area contributed by atoms with Crippen molar-refractivity contribution in [2.75, 3.05) is 6.54 Å². The van der Waals surface area contributed by atoms with Gasteiger partial charge in [0.15, 0.2) is 0 Å². The van der Waals surface area contributed by atoms with E-state index in [-0.39, 0.29) is 0 Å². The Morgan fingerprint density at radius 2 is 2.12 bits per heavy atom. The van der Waals surface area contributed by atoms with Gasteiger partial charge in [0.2, 0.25) is 6.19 Å². The maximum atomic E-state index is 11.0.